The van der Waals surface area contributed by atoms with Gasteiger partial charge in [0.25, 0.3) is 0 Å². The van der Waals surface area contributed by atoms with E-state index in [2.05, 4.69) is 5.32 Å². The number of carbonyl (C=O) groups is 1. The Kier molecular flexibility index (Phi) is 5.06. The van der Waals surface area contributed by atoms with E-state index < -0.39 is 0 Å². The number of aryl methyl sites for hydroxylation is 1. The average Bonchev–Trinajstić information content (AvgIpc) is 2.49. The highest BCUT2D eigenvalue weighted by molar-refractivity contribution is 6.31. The van der Waals surface area contributed by atoms with Crippen molar-refractivity contribution in [3.8, 4) is 11.5 Å². The summed E-state index contributed by atoms with van der Waals surface area (Å²) in [5.74, 6) is 0.604. The van der Waals surface area contributed by atoms with E-state index >= 15 is 0 Å². The highest BCUT2D eigenvalue weighted by Gasteiger charge is 2.07. The van der Waals surface area contributed by atoms with Gasteiger partial charge in [-0.25, -0.2) is 0 Å². The van der Waals surface area contributed by atoms with Crippen LogP contribution in [0, 0.1) is 0 Å². The summed E-state index contributed by atoms with van der Waals surface area (Å²) in [6, 6.07) is 12.1. The molecule has 5 heteroatoms. The first-order chi connectivity index (χ1) is 10.1. The van der Waals surface area contributed by atoms with E-state index in [0.29, 0.717) is 23.6 Å². The number of carbonyl (C=O) groups excluding carboxylic acids is 1. The quantitative estimate of drug-likeness (QED) is 0.829. The third-order valence-corrected chi connectivity index (χ3v) is 3.27. The topological polar surface area (TPSA) is 58.6 Å². The summed E-state index contributed by atoms with van der Waals surface area (Å²) in [7, 11) is 1.61. The van der Waals surface area contributed by atoms with Crippen LogP contribution in [0.15, 0.2) is 42.5 Å². The molecule has 4 nitrogen and oxygen atoms in total. The van der Waals surface area contributed by atoms with Gasteiger partial charge in [0.05, 0.1) is 12.8 Å². The van der Waals surface area contributed by atoms with E-state index in [1.165, 1.54) is 12.1 Å². The third-order valence-electron chi connectivity index (χ3n) is 3.03. The first-order valence-corrected chi connectivity index (χ1v) is 6.87. The predicted octanol–water partition coefficient (Wildman–Crippen LogP) is 3.63. The molecule has 0 unspecified atom stereocenters. The van der Waals surface area contributed by atoms with Gasteiger partial charge < -0.3 is 15.2 Å². The van der Waals surface area contributed by atoms with Crippen LogP contribution in [0.2, 0.25) is 5.02 Å². The molecule has 0 fully saturated rings. The molecule has 0 aliphatic carbocycles. The standard InChI is InChI=1S/C16H16ClNO3/c1-21-13-6-2-11(3-7-13)4-9-16(20)18-14-10-12(17)5-8-15(14)19/h2-3,5-8,10,19H,4,9H2,1H3,(H,18,20). The molecule has 0 saturated heterocycles. The number of rotatable bonds is 5. The van der Waals surface area contributed by atoms with Crippen molar-refractivity contribution in [1.29, 1.82) is 0 Å². The SMILES string of the molecule is COc1ccc(CCC(=O)Nc2cc(Cl)ccc2O)cc1. The van der Waals surface area contributed by atoms with Crippen molar-refractivity contribution >= 4 is 23.2 Å². The minimum absolute atomic E-state index is 0.00259. The molecule has 0 atom stereocenters. The van der Waals surface area contributed by atoms with Crippen molar-refractivity contribution in [2.45, 2.75) is 12.8 Å². The average molecular weight is 306 g/mol. The Balaban J connectivity index is 1.91. The molecule has 0 spiro atoms. The Morgan fingerprint density at radius 3 is 2.62 bits per heavy atom. The van der Waals surface area contributed by atoms with Crippen LogP contribution >= 0.6 is 11.6 Å². The lowest BCUT2D eigenvalue weighted by Gasteiger charge is -2.08. The molecule has 2 aromatic rings. The maximum atomic E-state index is 11.9. The van der Waals surface area contributed by atoms with Crippen molar-refractivity contribution in [1.82, 2.24) is 0 Å². The predicted molar refractivity (Wildman–Crippen MR) is 83.1 cm³/mol. The first-order valence-electron chi connectivity index (χ1n) is 6.50. The van der Waals surface area contributed by atoms with Crippen molar-refractivity contribution in [3.05, 3.63) is 53.1 Å². The maximum absolute atomic E-state index is 11.9. The normalized spacial score (nSPS) is 10.2. The first kappa shape index (κ1) is 15.2. The van der Waals surface area contributed by atoms with Crippen molar-refractivity contribution in [2.75, 3.05) is 12.4 Å². The molecule has 110 valence electrons. The number of benzene rings is 2. The van der Waals surface area contributed by atoms with Crippen LogP contribution in [0.1, 0.15) is 12.0 Å². The zero-order chi connectivity index (χ0) is 15.2. The van der Waals surface area contributed by atoms with Gasteiger partial charge >= 0.3 is 0 Å². The molecule has 2 rings (SSSR count). The molecule has 1 amide bonds. The molecule has 0 saturated carbocycles. The van der Waals surface area contributed by atoms with Gasteiger partial charge in [-0.3, -0.25) is 4.79 Å². The lowest BCUT2D eigenvalue weighted by molar-refractivity contribution is -0.116. The summed E-state index contributed by atoms with van der Waals surface area (Å²) >= 11 is 5.83. The van der Waals surface area contributed by atoms with E-state index in [9.17, 15) is 9.90 Å². The van der Waals surface area contributed by atoms with Gasteiger partial charge in [0.1, 0.15) is 11.5 Å². The summed E-state index contributed by atoms with van der Waals surface area (Å²) in [6.45, 7) is 0. The Bertz CT molecular complexity index is 626. The number of nitrogens with one attached hydrogen (secondary N) is 1. The molecule has 2 aromatic carbocycles. The molecule has 0 aromatic heterocycles. The molecule has 0 bridgehead atoms. The van der Waals surface area contributed by atoms with E-state index in [0.717, 1.165) is 11.3 Å². The maximum Gasteiger partial charge on any atom is 0.224 e. The van der Waals surface area contributed by atoms with Gasteiger partial charge in [-0.15, -0.1) is 0 Å². The number of ether oxygens (including phenoxy) is 1. The largest absolute Gasteiger partial charge is 0.506 e. The monoisotopic (exact) mass is 305 g/mol. The highest BCUT2D eigenvalue weighted by atomic mass is 35.5. The number of amides is 1. The second kappa shape index (κ2) is 6.99. The summed E-state index contributed by atoms with van der Waals surface area (Å²) < 4.78 is 5.08. The van der Waals surface area contributed by atoms with Crippen molar-refractivity contribution < 1.29 is 14.6 Å². The van der Waals surface area contributed by atoms with E-state index in [1.807, 2.05) is 24.3 Å². The van der Waals surface area contributed by atoms with Gasteiger partial charge in [-0.05, 0) is 42.3 Å². The number of aromatic hydroxyl groups is 1. The molecule has 21 heavy (non-hydrogen) atoms. The van der Waals surface area contributed by atoms with Crippen LogP contribution in [0.5, 0.6) is 11.5 Å². The Morgan fingerprint density at radius 1 is 1.24 bits per heavy atom. The number of phenolic OH excluding ortho intramolecular Hbond substituents is 1. The summed E-state index contributed by atoms with van der Waals surface area (Å²) in [4.78, 5) is 11.9. The minimum atomic E-state index is -0.177. The number of hydrogen-bond donors (Lipinski definition) is 2. The summed E-state index contributed by atoms with van der Waals surface area (Å²) in [5, 5.41) is 12.7. The Hall–Kier alpha value is -2.20. The van der Waals surface area contributed by atoms with Crippen molar-refractivity contribution in [2.24, 2.45) is 0 Å². The number of methoxy groups -OCH3 is 1. The number of hydrogen-bond acceptors (Lipinski definition) is 3. The zero-order valence-electron chi connectivity index (χ0n) is 11.6. The highest BCUT2D eigenvalue weighted by Crippen LogP contribution is 2.26. The lowest BCUT2D eigenvalue weighted by atomic mass is 10.1. The van der Waals surface area contributed by atoms with E-state index in [1.54, 1.807) is 13.2 Å². The summed E-state index contributed by atoms with van der Waals surface area (Å²) in [6.07, 6.45) is 0.926. The second-order valence-corrected chi connectivity index (χ2v) is 4.99. The van der Waals surface area contributed by atoms with Gasteiger partial charge in [-0.2, -0.15) is 0 Å². The number of phenols is 1. The number of halogens is 1. The van der Waals surface area contributed by atoms with Crippen LogP contribution in [-0.4, -0.2) is 18.1 Å². The van der Waals surface area contributed by atoms with Crippen LogP contribution in [0.3, 0.4) is 0 Å². The van der Waals surface area contributed by atoms with Crippen LogP contribution < -0.4 is 10.1 Å². The molecule has 0 radical (unpaired) electrons. The second-order valence-electron chi connectivity index (χ2n) is 4.56. The molecule has 2 N–H and O–H groups in total. The van der Waals surface area contributed by atoms with Gasteiger partial charge in [0.15, 0.2) is 0 Å². The van der Waals surface area contributed by atoms with Crippen LogP contribution in [-0.2, 0) is 11.2 Å². The fourth-order valence-electron chi connectivity index (χ4n) is 1.87. The minimum Gasteiger partial charge on any atom is -0.506 e. The van der Waals surface area contributed by atoms with Crippen molar-refractivity contribution in [3.63, 3.8) is 0 Å². The Labute approximate surface area is 128 Å². The zero-order valence-corrected chi connectivity index (χ0v) is 12.4. The van der Waals surface area contributed by atoms with Gasteiger partial charge in [-0.1, -0.05) is 23.7 Å². The van der Waals surface area contributed by atoms with Gasteiger partial charge in [0, 0.05) is 11.4 Å². The van der Waals surface area contributed by atoms with E-state index in [-0.39, 0.29) is 11.7 Å². The number of anilines is 1. The fourth-order valence-corrected chi connectivity index (χ4v) is 2.04. The summed E-state index contributed by atoms with van der Waals surface area (Å²) in [5.41, 5.74) is 1.36. The molecule has 0 heterocycles. The van der Waals surface area contributed by atoms with Crippen LogP contribution in [0.4, 0.5) is 5.69 Å². The lowest BCUT2D eigenvalue weighted by Crippen LogP contribution is -2.12. The van der Waals surface area contributed by atoms with Crippen LogP contribution in [0.25, 0.3) is 0 Å². The molecular weight excluding hydrogens is 290 g/mol. The van der Waals surface area contributed by atoms with E-state index in [4.69, 9.17) is 16.3 Å². The Morgan fingerprint density at radius 2 is 1.95 bits per heavy atom. The molecular formula is C16H16ClNO3. The molecule has 0 aliphatic heterocycles. The smallest absolute Gasteiger partial charge is 0.224 e. The molecule has 0 aliphatic rings. The van der Waals surface area contributed by atoms with Gasteiger partial charge in [0.2, 0.25) is 5.91 Å². The third kappa shape index (κ3) is 4.39. The fraction of sp³-hybridized carbons (Fsp3) is 0.188.